The minimum absolute atomic E-state index is 0.0782. The molecule has 2 aromatic heterocycles. The van der Waals surface area contributed by atoms with Gasteiger partial charge in [-0.25, -0.2) is 4.98 Å². The molecule has 0 bridgehead atoms. The number of carbonyl (C=O) groups is 1. The van der Waals surface area contributed by atoms with Crippen LogP contribution in [0.5, 0.6) is 0 Å². The molecule has 2 aromatic rings. The Morgan fingerprint density at radius 2 is 2.25 bits per heavy atom. The second kappa shape index (κ2) is 6.32. The van der Waals surface area contributed by atoms with Crippen LogP contribution in [0.2, 0.25) is 0 Å². The number of hydrogen-bond acceptors (Lipinski definition) is 5. The van der Waals surface area contributed by atoms with E-state index in [1.165, 1.54) is 19.2 Å². The highest BCUT2D eigenvalue weighted by molar-refractivity contribution is 5.95. The molecule has 3 heterocycles. The number of carbonyl (C=O) groups excluding carboxylic acids is 1. The maximum atomic E-state index is 12.5. The molecule has 2 fully saturated rings. The highest BCUT2D eigenvalue weighted by atomic mass is 16.5. The van der Waals surface area contributed by atoms with Crippen LogP contribution in [0, 0.1) is 12.8 Å². The van der Waals surface area contributed by atoms with Crippen molar-refractivity contribution in [3.63, 3.8) is 0 Å². The molecule has 0 radical (unpaired) electrons. The Morgan fingerprint density at radius 1 is 1.38 bits per heavy atom. The maximum Gasteiger partial charge on any atom is 0.253 e. The summed E-state index contributed by atoms with van der Waals surface area (Å²) in [6.45, 7) is 3.12. The molecule has 126 valence electrons. The highest BCUT2D eigenvalue weighted by Crippen LogP contribution is 2.39. The number of aromatic nitrogens is 4. The lowest BCUT2D eigenvalue weighted by Crippen LogP contribution is -2.31. The zero-order chi connectivity index (χ0) is 16.5. The molecule has 0 spiro atoms. The van der Waals surface area contributed by atoms with E-state index in [1.807, 2.05) is 19.1 Å². The molecule has 2 N–H and O–H groups in total. The summed E-state index contributed by atoms with van der Waals surface area (Å²) in [5.41, 5.74) is 2.56. The average Bonchev–Trinajstić information content (AvgIpc) is 3.09. The third-order valence-corrected chi connectivity index (χ3v) is 4.79. The number of aromatic amines is 1. The molecule has 1 aliphatic carbocycles. The third kappa shape index (κ3) is 3.03. The Hall–Kier alpha value is -2.28. The molecule has 0 aromatic carbocycles. The quantitative estimate of drug-likeness (QED) is 0.875. The van der Waals surface area contributed by atoms with Crippen LogP contribution in [0.4, 0.5) is 0 Å². The molecule has 7 heteroatoms. The number of pyridine rings is 1. The number of nitrogens with one attached hydrogen (secondary N) is 2. The summed E-state index contributed by atoms with van der Waals surface area (Å²) < 4.78 is 5.72. The summed E-state index contributed by atoms with van der Waals surface area (Å²) in [4.78, 5) is 21.2. The fraction of sp³-hybridized carbons (Fsp3) is 0.529. The van der Waals surface area contributed by atoms with Gasteiger partial charge in [0.15, 0.2) is 5.82 Å². The minimum atomic E-state index is -0.135. The van der Waals surface area contributed by atoms with Crippen LogP contribution in [-0.2, 0) is 4.74 Å². The van der Waals surface area contributed by atoms with Gasteiger partial charge in [0.1, 0.15) is 12.4 Å². The van der Waals surface area contributed by atoms with E-state index < -0.39 is 0 Å². The van der Waals surface area contributed by atoms with Crippen molar-refractivity contribution >= 4 is 5.91 Å². The molecule has 2 aliphatic rings. The lowest BCUT2D eigenvalue weighted by Gasteiger charge is -2.17. The lowest BCUT2D eigenvalue weighted by molar-refractivity contribution is 0.0798. The number of nitrogens with zero attached hydrogens (tertiary/aromatic N) is 3. The Morgan fingerprint density at radius 3 is 2.96 bits per heavy atom. The van der Waals surface area contributed by atoms with Crippen LogP contribution in [0.3, 0.4) is 0 Å². The van der Waals surface area contributed by atoms with E-state index in [4.69, 9.17) is 4.74 Å². The number of rotatable bonds is 5. The van der Waals surface area contributed by atoms with Gasteiger partial charge in [0.2, 0.25) is 0 Å². The summed E-state index contributed by atoms with van der Waals surface area (Å²) in [7, 11) is 0. The molecular formula is C17H21N5O2. The topological polar surface area (TPSA) is 92.8 Å². The predicted molar refractivity (Wildman–Crippen MR) is 86.5 cm³/mol. The molecule has 0 unspecified atom stereocenters. The molecule has 7 nitrogen and oxygen atoms in total. The van der Waals surface area contributed by atoms with Crippen LogP contribution in [0.15, 0.2) is 18.5 Å². The standard InChI is InChI=1S/C17H21N5O2/c1-10-13(4-5-14(21-10)11-2-3-11)17(23)18-8-12-6-7-24-15(12)16-19-9-20-22-16/h4-5,9,11-12,15H,2-3,6-8H2,1H3,(H,18,23)(H,19,20,22)/t12-,15-/m0/s1. The first kappa shape index (κ1) is 15.3. The Kier molecular flexibility index (Phi) is 4.02. The fourth-order valence-electron chi connectivity index (χ4n) is 3.24. The highest BCUT2D eigenvalue weighted by Gasteiger charge is 2.32. The van der Waals surface area contributed by atoms with Gasteiger partial charge in [-0.1, -0.05) is 0 Å². The summed E-state index contributed by atoms with van der Waals surface area (Å²) in [5.74, 6) is 1.43. The van der Waals surface area contributed by atoms with E-state index in [2.05, 4.69) is 25.5 Å². The van der Waals surface area contributed by atoms with Crippen molar-refractivity contribution in [3.8, 4) is 0 Å². The number of H-pyrrole nitrogens is 1. The SMILES string of the molecule is Cc1nc(C2CC2)ccc1C(=O)NC[C@@H]1CCO[C@@H]1c1ncn[nH]1. The van der Waals surface area contributed by atoms with Crippen LogP contribution < -0.4 is 5.32 Å². The van der Waals surface area contributed by atoms with Gasteiger partial charge in [0, 0.05) is 30.7 Å². The van der Waals surface area contributed by atoms with Crippen molar-refractivity contribution < 1.29 is 9.53 Å². The van der Waals surface area contributed by atoms with E-state index in [1.54, 1.807) is 0 Å². The molecule has 2 atom stereocenters. The Labute approximate surface area is 140 Å². The normalized spacial score (nSPS) is 23.4. The zero-order valence-corrected chi connectivity index (χ0v) is 13.7. The van der Waals surface area contributed by atoms with Crippen LogP contribution in [0.1, 0.15) is 58.9 Å². The molecular weight excluding hydrogens is 306 g/mol. The van der Waals surface area contributed by atoms with Crippen LogP contribution in [0.25, 0.3) is 0 Å². The fourth-order valence-corrected chi connectivity index (χ4v) is 3.24. The van der Waals surface area contributed by atoms with Gasteiger partial charge in [-0.05, 0) is 38.3 Å². The first-order valence-corrected chi connectivity index (χ1v) is 8.45. The van der Waals surface area contributed by atoms with Crippen molar-refractivity contribution in [3.05, 3.63) is 41.2 Å². The van der Waals surface area contributed by atoms with Crippen molar-refractivity contribution in [1.82, 2.24) is 25.5 Å². The van der Waals surface area contributed by atoms with Gasteiger partial charge < -0.3 is 10.1 Å². The largest absolute Gasteiger partial charge is 0.370 e. The molecule has 1 saturated heterocycles. The minimum Gasteiger partial charge on any atom is -0.370 e. The summed E-state index contributed by atoms with van der Waals surface area (Å²) >= 11 is 0. The van der Waals surface area contributed by atoms with Crippen molar-refractivity contribution in [2.45, 2.75) is 38.2 Å². The van der Waals surface area contributed by atoms with Crippen LogP contribution >= 0.6 is 0 Å². The Balaban J connectivity index is 1.39. The number of amides is 1. The maximum absolute atomic E-state index is 12.5. The van der Waals surface area contributed by atoms with E-state index in [-0.39, 0.29) is 17.9 Å². The summed E-state index contributed by atoms with van der Waals surface area (Å²) in [6.07, 6.45) is 4.65. The van der Waals surface area contributed by atoms with E-state index in [0.29, 0.717) is 24.6 Å². The van der Waals surface area contributed by atoms with E-state index >= 15 is 0 Å². The Bertz CT molecular complexity index is 727. The second-order valence-corrected chi connectivity index (χ2v) is 6.56. The monoisotopic (exact) mass is 327 g/mol. The van der Waals surface area contributed by atoms with Crippen molar-refractivity contribution in [1.29, 1.82) is 0 Å². The third-order valence-electron chi connectivity index (χ3n) is 4.79. The number of aryl methyl sites for hydroxylation is 1. The van der Waals surface area contributed by atoms with Crippen LogP contribution in [-0.4, -0.2) is 39.2 Å². The lowest BCUT2D eigenvalue weighted by atomic mass is 10.0. The second-order valence-electron chi connectivity index (χ2n) is 6.56. The number of ether oxygens (including phenoxy) is 1. The van der Waals surface area contributed by atoms with Gasteiger partial charge in [-0.15, -0.1) is 0 Å². The zero-order valence-electron chi connectivity index (χ0n) is 13.7. The van der Waals surface area contributed by atoms with Gasteiger partial charge >= 0.3 is 0 Å². The van der Waals surface area contributed by atoms with Crippen molar-refractivity contribution in [2.24, 2.45) is 5.92 Å². The molecule has 1 aliphatic heterocycles. The molecule has 1 amide bonds. The number of hydrogen-bond donors (Lipinski definition) is 2. The van der Waals surface area contributed by atoms with Gasteiger partial charge in [-0.2, -0.15) is 5.10 Å². The molecule has 1 saturated carbocycles. The van der Waals surface area contributed by atoms with Gasteiger partial charge in [-0.3, -0.25) is 14.9 Å². The first-order chi connectivity index (χ1) is 11.7. The summed E-state index contributed by atoms with van der Waals surface area (Å²) in [6, 6.07) is 3.87. The molecule has 24 heavy (non-hydrogen) atoms. The first-order valence-electron chi connectivity index (χ1n) is 8.45. The predicted octanol–water partition coefficient (Wildman–Crippen LogP) is 1.89. The average molecular weight is 327 g/mol. The van der Waals surface area contributed by atoms with Gasteiger partial charge in [0.05, 0.1) is 11.3 Å². The van der Waals surface area contributed by atoms with Crippen molar-refractivity contribution in [2.75, 3.05) is 13.2 Å². The van der Waals surface area contributed by atoms with E-state index in [9.17, 15) is 4.79 Å². The smallest absolute Gasteiger partial charge is 0.253 e. The summed E-state index contributed by atoms with van der Waals surface area (Å²) in [5, 5.41) is 9.74. The van der Waals surface area contributed by atoms with E-state index in [0.717, 1.165) is 23.6 Å². The molecule has 4 rings (SSSR count). The van der Waals surface area contributed by atoms with Gasteiger partial charge in [0.25, 0.3) is 5.91 Å².